The molecule has 0 aromatic heterocycles. The lowest BCUT2D eigenvalue weighted by Crippen LogP contribution is -2.57. The number of amides is 1. The van der Waals surface area contributed by atoms with E-state index in [4.69, 9.17) is 0 Å². The lowest BCUT2D eigenvalue weighted by Gasteiger charge is -2.40. The molecule has 1 N–H and O–H groups in total. The molecule has 0 bridgehead atoms. The van der Waals surface area contributed by atoms with Crippen molar-refractivity contribution in [1.29, 1.82) is 0 Å². The maximum absolute atomic E-state index is 12.7. The molecule has 3 nitrogen and oxygen atoms in total. The van der Waals surface area contributed by atoms with Crippen LogP contribution in [0.15, 0.2) is 29.2 Å². The van der Waals surface area contributed by atoms with Gasteiger partial charge in [0.05, 0.1) is 0 Å². The van der Waals surface area contributed by atoms with Crippen LogP contribution >= 0.6 is 11.8 Å². The minimum Gasteiger partial charge on any atom is -0.333 e. The van der Waals surface area contributed by atoms with Crippen molar-refractivity contribution >= 4 is 17.7 Å². The average Bonchev–Trinajstić information content (AvgIpc) is 2.53. The Kier molecular flexibility index (Phi) is 5.49. The number of hydrogen-bond acceptors (Lipinski definition) is 3. The average molecular weight is 292 g/mol. The lowest BCUT2D eigenvalue weighted by molar-refractivity contribution is 0.0576. The van der Waals surface area contributed by atoms with Crippen LogP contribution in [0.4, 0.5) is 0 Å². The van der Waals surface area contributed by atoms with Crippen molar-refractivity contribution in [3.8, 4) is 0 Å². The van der Waals surface area contributed by atoms with E-state index in [1.54, 1.807) is 11.8 Å². The fraction of sp³-hybridized carbons (Fsp3) is 0.562. The maximum Gasteiger partial charge on any atom is 0.254 e. The molecule has 1 amide bonds. The highest BCUT2D eigenvalue weighted by atomic mass is 32.2. The van der Waals surface area contributed by atoms with E-state index in [1.807, 2.05) is 30.5 Å². The number of thioether (sulfide) groups is 1. The van der Waals surface area contributed by atoms with Gasteiger partial charge in [0, 0.05) is 35.6 Å². The number of carbonyl (C=O) groups excluding carboxylic acids is 1. The minimum atomic E-state index is 0.171. The van der Waals surface area contributed by atoms with Crippen LogP contribution in [0, 0.1) is 0 Å². The third-order valence-electron chi connectivity index (χ3n) is 4.06. The molecular weight excluding hydrogens is 268 g/mol. The molecular formula is C16H24N2OS. The quantitative estimate of drug-likeness (QED) is 0.866. The summed E-state index contributed by atoms with van der Waals surface area (Å²) in [6, 6.07) is 8.68. The van der Waals surface area contributed by atoms with Gasteiger partial charge in [-0.25, -0.2) is 0 Å². The first-order valence-electron chi connectivity index (χ1n) is 7.38. The Morgan fingerprint density at radius 2 is 2.00 bits per heavy atom. The van der Waals surface area contributed by atoms with Gasteiger partial charge in [0.1, 0.15) is 0 Å². The van der Waals surface area contributed by atoms with Crippen LogP contribution in [-0.4, -0.2) is 42.2 Å². The Balaban J connectivity index is 2.15. The highest BCUT2D eigenvalue weighted by Crippen LogP contribution is 2.19. The predicted octanol–water partition coefficient (Wildman–Crippen LogP) is 3.01. The molecule has 0 saturated carbocycles. The first-order valence-corrected chi connectivity index (χ1v) is 8.60. The van der Waals surface area contributed by atoms with E-state index >= 15 is 0 Å². The number of rotatable bonds is 4. The molecule has 2 unspecified atom stereocenters. The molecule has 110 valence electrons. The molecule has 20 heavy (non-hydrogen) atoms. The molecule has 2 atom stereocenters. The Labute approximate surface area is 126 Å². The fourth-order valence-electron chi connectivity index (χ4n) is 2.65. The lowest BCUT2D eigenvalue weighted by atomic mass is 10.0. The normalized spacial score (nSPS) is 22.9. The van der Waals surface area contributed by atoms with E-state index in [-0.39, 0.29) is 5.91 Å². The Morgan fingerprint density at radius 1 is 1.30 bits per heavy atom. The molecule has 1 fully saturated rings. The van der Waals surface area contributed by atoms with E-state index in [0.29, 0.717) is 12.1 Å². The van der Waals surface area contributed by atoms with Crippen LogP contribution in [0.25, 0.3) is 0 Å². The monoisotopic (exact) mass is 292 g/mol. The second-order valence-electron chi connectivity index (χ2n) is 5.26. The molecule has 4 heteroatoms. The van der Waals surface area contributed by atoms with E-state index in [1.165, 1.54) is 4.90 Å². The third kappa shape index (κ3) is 3.36. The van der Waals surface area contributed by atoms with Gasteiger partial charge < -0.3 is 10.2 Å². The topological polar surface area (TPSA) is 32.3 Å². The smallest absolute Gasteiger partial charge is 0.254 e. The van der Waals surface area contributed by atoms with E-state index in [9.17, 15) is 4.79 Å². The number of nitrogens with zero attached hydrogens (tertiary/aromatic N) is 1. The third-order valence-corrected chi connectivity index (χ3v) is 4.81. The molecule has 0 radical (unpaired) electrons. The molecule has 1 aliphatic rings. The first-order chi connectivity index (χ1) is 9.69. The maximum atomic E-state index is 12.7. The van der Waals surface area contributed by atoms with Gasteiger partial charge in [-0.3, -0.25) is 4.79 Å². The number of piperazine rings is 1. The van der Waals surface area contributed by atoms with Crippen LogP contribution in [0.2, 0.25) is 0 Å². The minimum absolute atomic E-state index is 0.171. The summed E-state index contributed by atoms with van der Waals surface area (Å²) in [4.78, 5) is 16.0. The predicted molar refractivity (Wildman–Crippen MR) is 85.4 cm³/mol. The van der Waals surface area contributed by atoms with Gasteiger partial charge in [-0.1, -0.05) is 13.8 Å². The zero-order valence-corrected chi connectivity index (χ0v) is 13.4. The van der Waals surface area contributed by atoms with Gasteiger partial charge in [0.25, 0.3) is 5.91 Å². The van der Waals surface area contributed by atoms with Gasteiger partial charge >= 0.3 is 0 Å². The largest absolute Gasteiger partial charge is 0.333 e. The van der Waals surface area contributed by atoms with Crippen molar-refractivity contribution in [2.45, 2.75) is 43.7 Å². The summed E-state index contributed by atoms with van der Waals surface area (Å²) in [6.45, 7) is 6.04. The van der Waals surface area contributed by atoms with Crippen molar-refractivity contribution in [1.82, 2.24) is 10.2 Å². The van der Waals surface area contributed by atoms with Crippen LogP contribution in [0.5, 0.6) is 0 Å². The SMILES string of the molecule is CCC1CN(C(=O)c2ccc(SC)cc2)C(CC)CN1. The number of benzene rings is 1. The van der Waals surface area contributed by atoms with Crippen LogP contribution in [0.1, 0.15) is 37.0 Å². The first kappa shape index (κ1) is 15.4. The van der Waals surface area contributed by atoms with E-state index in [0.717, 1.165) is 31.5 Å². The summed E-state index contributed by atoms with van der Waals surface area (Å²) in [7, 11) is 0. The second-order valence-corrected chi connectivity index (χ2v) is 6.14. The molecule has 0 aliphatic carbocycles. The van der Waals surface area contributed by atoms with Crippen molar-refractivity contribution in [2.24, 2.45) is 0 Å². The van der Waals surface area contributed by atoms with Crippen molar-refractivity contribution < 1.29 is 4.79 Å². The Bertz CT molecular complexity index is 446. The summed E-state index contributed by atoms with van der Waals surface area (Å²) >= 11 is 1.70. The number of hydrogen-bond donors (Lipinski definition) is 1. The molecule has 1 aromatic carbocycles. The fourth-order valence-corrected chi connectivity index (χ4v) is 3.06. The summed E-state index contributed by atoms with van der Waals surface area (Å²) in [6.07, 6.45) is 4.11. The molecule has 1 heterocycles. The van der Waals surface area contributed by atoms with Crippen molar-refractivity contribution in [3.63, 3.8) is 0 Å². The van der Waals surface area contributed by atoms with Crippen LogP contribution < -0.4 is 5.32 Å². The van der Waals surface area contributed by atoms with Crippen LogP contribution in [0.3, 0.4) is 0 Å². The Hall–Kier alpha value is -1.00. The summed E-state index contributed by atoms with van der Waals surface area (Å²) in [5, 5.41) is 3.53. The zero-order chi connectivity index (χ0) is 14.5. The standard InChI is InChI=1S/C16H24N2OS/c1-4-13-11-18(14(5-2)10-17-13)16(19)12-6-8-15(20-3)9-7-12/h6-9,13-14,17H,4-5,10-11H2,1-3H3. The molecule has 1 saturated heterocycles. The summed E-state index contributed by atoms with van der Waals surface area (Å²) < 4.78 is 0. The molecule has 2 rings (SSSR count). The van der Waals surface area contributed by atoms with Gasteiger partial charge in [-0.05, 0) is 43.4 Å². The second kappa shape index (κ2) is 7.14. The van der Waals surface area contributed by atoms with Gasteiger partial charge in [-0.2, -0.15) is 0 Å². The molecule has 1 aliphatic heterocycles. The van der Waals surface area contributed by atoms with Gasteiger partial charge in [-0.15, -0.1) is 11.8 Å². The molecule has 0 spiro atoms. The highest BCUT2D eigenvalue weighted by molar-refractivity contribution is 7.98. The summed E-state index contributed by atoms with van der Waals surface area (Å²) in [5.74, 6) is 0.171. The number of carbonyl (C=O) groups is 1. The van der Waals surface area contributed by atoms with Crippen LogP contribution in [-0.2, 0) is 0 Å². The Morgan fingerprint density at radius 3 is 2.55 bits per heavy atom. The zero-order valence-electron chi connectivity index (χ0n) is 12.6. The van der Waals surface area contributed by atoms with Gasteiger partial charge in [0.2, 0.25) is 0 Å². The highest BCUT2D eigenvalue weighted by Gasteiger charge is 2.29. The van der Waals surface area contributed by atoms with Crippen molar-refractivity contribution in [2.75, 3.05) is 19.3 Å². The number of nitrogens with one attached hydrogen (secondary N) is 1. The summed E-state index contributed by atoms with van der Waals surface area (Å²) in [5.41, 5.74) is 0.804. The molecule has 1 aromatic rings. The van der Waals surface area contributed by atoms with E-state index < -0.39 is 0 Å². The van der Waals surface area contributed by atoms with Gasteiger partial charge in [0.15, 0.2) is 0 Å². The van der Waals surface area contributed by atoms with Crippen molar-refractivity contribution in [3.05, 3.63) is 29.8 Å². The van der Waals surface area contributed by atoms with E-state index in [2.05, 4.69) is 24.1 Å².